The highest BCUT2D eigenvalue weighted by atomic mass is 35.5. The molecule has 0 spiro atoms. The average molecular weight is 352 g/mol. The largest absolute Gasteiger partial charge is 0.467 e. The molecular weight excluding hydrogens is 338 g/mol. The van der Waals surface area contributed by atoms with Crippen LogP contribution in [0.3, 0.4) is 0 Å². The van der Waals surface area contributed by atoms with Crippen LogP contribution in [0.4, 0.5) is 5.69 Å². The number of hydrogen-bond acceptors (Lipinski definition) is 5. The Morgan fingerprint density at radius 3 is 2.71 bits per heavy atom. The number of non-ortho nitro benzene ring substituents is 1. The number of carbonyl (C=O) groups excluding carboxylic acids is 2. The molecule has 0 bridgehead atoms. The molecular formula is C15H14ClN3O5. The smallest absolute Gasteiger partial charge is 0.270 e. The van der Waals surface area contributed by atoms with Gasteiger partial charge in [-0.05, 0) is 25.1 Å². The molecule has 1 unspecified atom stereocenters. The SMILES string of the molecule is CC(NC(=O)c1ccc([N+](=O)[O-])cc1Cl)C(=O)NCc1ccco1. The minimum atomic E-state index is -0.821. The summed E-state index contributed by atoms with van der Waals surface area (Å²) < 4.78 is 5.09. The lowest BCUT2D eigenvalue weighted by Crippen LogP contribution is -2.44. The summed E-state index contributed by atoms with van der Waals surface area (Å²) in [6.45, 7) is 1.71. The maximum Gasteiger partial charge on any atom is 0.270 e. The van der Waals surface area contributed by atoms with Crippen LogP contribution in [-0.2, 0) is 11.3 Å². The summed E-state index contributed by atoms with van der Waals surface area (Å²) in [5.41, 5.74) is -0.172. The fraction of sp³-hybridized carbons (Fsp3) is 0.200. The Hall–Kier alpha value is -2.87. The van der Waals surface area contributed by atoms with E-state index in [4.69, 9.17) is 16.0 Å². The molecule has 2 rings (SSSR count). The van der Waals surface area contributed by atoms with Crippen LogP contribution in [0.25, 0.3) is 0 Å². The second-order valence-corrected chi connectivity index (χ2v) is 5.32. The second-order valence-electron chi connectivity index (χ2n) is 4.91. The molecule has 0 aliphatic heterocycles. The van der Waals surface area contributed by atoms with Gasteiger partial charge in [0, 0.05) is 12.1 Å². The average Bonchev–Trinajstić information content (AvgIpc) is 3.05. The Kier molecular flexibility index (Phi) is 5.54. The van der Waals surface area contributed by atoms with Crippen molar-refractivity contribution in [2.45, 2.75) is 19.5 Å². The van der Waals surface area contributed by atoms with Crippen LogP contribution in [-0.4, -0.2) is 22.8 Å². The molecule has 9 heteroatoms. The van der Waals surface area contributed by atoms with Gasteiger partial charge in [0.15, 0.2) is 0 Å². The summed E-state index contributed by atoms with van der Waals surface area (Å²) in [5.74, 6) is -0.423. The number of benzene rings is 1. The number of rotatable bonds is 6. The molecule has 1 heterocycles. The number of hydrogen-bond donors (Lipinski definition) is 2. The van der Waals surface area contributed by atoms with Gasteiger partial charge in [-0.2, -0.15) is 0 Å². The number of carbonyl (C=O) groups is 2. The Morgan fingerprint density at radius 2 is 2.12 bits per heavy atom. The number of nitro groups is 1. The third kappa shape index (κ3) is 4.32. The van der Waals surface area contributed by atoms with E-state index in [-0.39, 0.29) is 22.8 Å². The summed E-state index contributed by atoms with van der Waals surface area (Å²) in [6.07, 6.45) is 1.49. The quantitative estimate of drug-likeness (QED) is 0.612. The normalized spacial score (nSPS) is 11.6. The zero-order valence-corrected chi connectivity index (χ0v) is 13.4. The Labute approximate surface area is 141 Å². The van der Waals surface area contributed by atoms with Crippen molar-refractivity contribution in [2.24, 2.45) is 0 Å². The highest BCUT2D eigenvalue weighted by Crippen LogP contribution is 2.22. The minimum Gasteiger partial charge on any atom is -0.467 e. The van der Waals surface area contributed by atoms with E-state index < -0.39 is 22.8 Å². The van der Waals surface area contributed by atoms with Gasteiger partial charge in [-0.15, -0.1) is 0 Å². The zero-order valence-electron chi connectivity index (χ0n) is 12.6. The van der Waals surface area contributed by atoms with Crippen molar-refractivity contribution in [1.82, 2.24) is 10.6 Å². The van der Waals surface area contributed by atoms with Crippen LogP contribution in [0.1, 0.15) is 23.0 Å². The molecule has 126 valence electrons. The van der Waals surface area contributed by atoms with Crippen molar-refractivity contribution in [3.05, 3.63) is 63.1 Å². The molecule has 8 nitrogen and oxygen atoms in total. The van der Waals surface area contributed by atoms with Crippen molar-refractivity contribution in [1.29, 1.82) is 0 Å². The lowest BCUT2D eigenvalue weighted by molar-refractivity contribution is -0.384. The van der Waals surface area contributed by atoms with Gasteiger partial charge in [0.1, 0.15) is 11.8 Å². The van der Waals surface area contributed by atoms with Gasteiger partial charge in [0.05, 0.1) is 28.3 Å². The maximum atomic E-state index is 12.1. The monoisotopic (exact) mass is 351 g/mol. The van der Waals surface area contributed by atoms with Crippen molar-refractivity contribution in [3.8, 4) is 0 Å². The second kappa shape index (κ2) is 7.60. The van der Waals surface area contributed by atoms with Crippen molar-refractivity contribution in [3.63, 3.8) is 0 Å². The first-order valence-electron chi connectivity index (χ1n) is 6.93. The van der Waals surface area contributed by atoms with Gasteiger partial charge in [-0.3, -0.25) is 19.7 Å². The van der Waals surface area contributed by atoms with Gasteiger partial charge in [-0.25, -0.2) is 0 Å². The Morgan fingerprint density at radius 1 is 1.38 bits per heavy atom. The summed E-state index contributed by atoms with van der Waals surface area (Å²) in [7, 11) is 0. The predicted octanol–water partition coefficient (Wildman–Crippen LogP) is 2.28. The molecule has 2 aromatic rings. The van der Waals surface area contributed by atoms with Crippen LogP contribution < -0.4 is 10.6 Å². The molecule has 0 saturated carbocycles. The highest BCUT2D eigenvalue weighted by Gasteiger charge is 2.20. The van der Waals surface area contributed by atoms with Crippen molar-refractivity contribution >= 4 is 29.1 Å². The third-order valence-corrected chi connectivity index (χ3v) is 3.48. The van der Waals surface area contributed by atoms with Crippen LogP contribution in [0.5, 0.6) is 0 Å². The van der Waals surface area contributed by atoms with Gasteiger partial charge in [-0.1, -0.05) is 11.6 Å². The first-order valence-corrected chi connectivity index (χ1v) is 7.31. The lowest BCUT2D eigenvalue weighted by atomic mass is 10.1. The standard InChI is InChI=1S/C15H14ClN3O5/c1-9(14(20)17-8-11-3-2-6-24-11)18-15(21)12-5-4-10(19(22)23)7-13(12)16/h2-7,9H,8H2,1H3,(H,17,20)(H,18,21). The molecule has 0 fully saturated rings. The lowest BCUT2D eigenvalue weighted by Gasteiger charge is -2.14. The Balaban J connectivity index is 1.95. The van der Waals surface area contributed by atoms with Gasteiger partial charge >= 0.3 is 0 Å². The van der Waals surface area contributed by atoms with E-state index in [2.05, 4.69) is 10.6 Å². The molecule has 2 amide bonds. The molecule has 1 aromatic carbocycles. The Bertz CT molecular complexity index is 760. The van der Waals surface area contributed by atoms with E-state index in [1.807, 2.05) is 0 Å². The molecule has 1 aromatic heterocycles. The number of amides is 2. The first kappa shape index (κ1) is 17.5. The molecule has 2 N–H and O–H groups in total. The van der Waals surface area contributed by atoms with Crippen molar-refractivity contribution < 1.29 is 18.9 Å². The van der Waals surface area contributed by atoms with Crippen molar-refractivity contribution in [2.75, 3.05) is 0 Å². The molecule has 1 atom stereocenters. The fourth-order valence-electron chi connectivity index (χ4n) is 1.88. The van der Waals surface area contributed by atoms with Crippen LogP contribution in [0.2, 0.25) is 5.02 Å². The van der Waals surface area contributed by atoms with Crippen LogP contribution in [0.15, 0.2) is 41.0 Å². The van der Waals surface area contributed by atoms with Gasteiger partial charge in [0.25, 0.3) is 11.6 Å². The molecule has 0 saturated heterocycles. The van der Waals surface area contributed by atoms with Gasteiger partial charge < -0.3 is 15.1 Å². The van der Waals surface area contributed by atoms with Gasteiger partial charge in [0.2, 0.25) is 5.91 Å². The van der Waals surface area contributed by atoms with E-state index in [0.717, 1.165) is 6.07 Å². The summed E-state index contributed by atoms with van der Waals surface area (Å²) >= 11 is 5.88. The summed E-state index contributed by atoms with van der Waals surface area (Å²) in [4.78, 5) is 34.1. The van der Waals surface area contributed by atoms with E-state index in [0.29, 0.717) is 5.76 Å². The summed E-state index contributed by atoms with van der Waals surface area (Å²) in [6, 6.07) is 6.08. The number of furan rings is 1. The fourth-order valence-corrected chi connectivity index (χ4v) is 2.14. The van der Waals surface area contributed by atoms with E-state index in [1.165, 1.54) is 25.3 Å². The molecule has 24 heavy (non-hydrogen) atoms. The number of nitrogens with one attached hydrogen (secondary N) is 2. The minimum absolute atomic E-state index is 0.0490. The number of nitro benzene ring substituents is 1. The zero-order chi connectivity index (χ0) is 17.7. The van der Waals surface area contributed by atoms with Crippen LogP contribution >= 0.6 is 11.6 Å². The van der Waals surface area contributed by atoms with E-state index in [1.54, 1.807) is 12.1 Å². The topological polar surface area (TPSA) is 114 Å². The maximum absolute atomic E-state index is 12.1. The van der Waals surface area contributed by atoms with E-state index >= 15 is 0 Å². The number of halogens is 1. The first-order chi connectivity index (χ1) is 11.4. The number of nitrogens with zero attached hydrogens (tertiary/aromatic N) is 1. The molecule has 0 radical (unpaired) electrons. The summed E-state index contributed by atoms with van der Waals surface area (Å²) in [5, 5.41) is 15.7. The van der Waals surface area contributed by atoms with Crippen LogP contribution in [0, 0.1) is 10.1 Å². The highest BCUT2D eigenvalue weighted by molar-refractivity contribution is 6.34. The molecule has 0 aliphatic rings. The predicted molar refractivity (Wildman–Crippen MR) is 85.6 cm³/mol. The molecule has 0 aliphatic carbocycles. The third-order valence-electron chi connectivity index (χ3n) is 3.17. The van der Waals surface area contributed by atoms with E-state index in [9.17, 15) is 19.7 Å².